The van der Waals surface area contributed by atoms with Gasteiger partial charge in [-0.15, -0.1) is 0 Å². The maximum Gasteiger partial charge on any atom is 0.416 e. The average Bonchev–Trinajstić information content (AvgIpc) is 2.07. The van der Waals surface area contributed by atoms with E-state index in [0.29, 0.717) is 5.69 Å². The highest BCUT2D eigenvalue weighted by atomic mass is 19.4. The molecule has 0 aliphatic carbocycles. The Kier molecular flexibility index (Phi) is 3.13. The number of benzene rings is 1. The summed E-state index contributed by atoms with van der Waals surface area (Å²) >= 11 is 0. The van der Waals surface area contributed by atoms with Crippen LogP contribution in [0.2, 0.25) is 0 Å². The number of nitrogens with two attached hydrogens (primary N) is 1. The molecule has 0 spiro atoms. The molecule has 78 valence electrons. The van der Waals surface area contributed by atoms with E-state index in [1.165, 1.54) is 25.6 Å². The van der Waals surface area contributed by atoms with Crippen molar-refractivity contribution in [2.24, 2.45) is 0 Å². The standard InChI is InChI=1S/C9H10F3NO/c1-6-7(9(10,11)12)4-3-5-8(6)13-14-2/h3-5,13H,1-2H3/p+1. The van der Waals surface area contributed by atoms with Gasteiger partial charge in [-0.3, -0.25) is 0 Å². The third kappa shape index (κ3) is 2.24. The maximum absolute atomic E-state index is 12.4. The van der Waals surface area contributed by atoms with Gasteiger partial charge in [-0.1, -0.05) is 6.07 Å². The van der Waals surface area contributed by atoms with E-state index in [-0.39, 0.29) is 5.56 Å². The monoisotopic (exact) mass is 206 g/mol. The second-order valence-electron chi connectivity index (χ2n) is 2.87. The molecule has 0 saturated heterocycles. The Morgan fingerprint density at radius 3 is 2.43 bits per heavy atom. The van der Waals surface area contributed by atoms with E-state index in [9.17, 15) is 13.2 Å². The first-order valence-corrected chi connectivity index (χ1v) is 3.99. The lowest BCUT2D eigenvalue weighted by molar-refractivity contribution is -0.830. The molecule has 1 rings (SSSR count). The Labute approximate surface area is 79.6 Å². The normalized spacial score (nSPS) is 11.8. The fourth-order valence-electron chi connectivity index (χ4n) is 1.22. The number of quaternary nitrogens is 1. The molecule has 0 saturated carbocycles. The summed E-state index contributed by atoms with van der Waals surface area (Å²) in [6, 6.07) is 4.00. The molecule has 5 heteroatoms. The molecule has 0 fully saturated rings. The van der Waals surface area contributed by atoms with Crippen molar-refractivity contribution in [1.29, 1.82) is 0 Å². The van der Waals surface area contributed by atoms with Crippen LogP contribution in [0.3, 0.4) is 0 Å². The predicted octanol–water partition coefficient (Wildman–Crippen LogP) is 1.77. The first kappa shape index (κ1) is 11.0. The average molecular weight is 206 g/mol. The summed E-state index contributed by atoms with van der Waals surface area (Å²) in [4.78, 5) is 4.68. The third-order valence-corrected chi connectivity index (χ3v) is 1.93. The highest BCUT2D eigenvalue weighted by molar-refractivity contribution is 5.44. The van der Waals surface area contributed by atoms with Gasteiger partial charge >= 0.3 is 6.18 Å². The van der Waals surface area contributed by atoms with Crippen LogP contribution < -0.4 is 5.48 Å². The molecule has 0 aromatic heterocycles. The van der Waals surface area contributed by atoms with Crippen LogP contribution >= 0.6 is 0 Å². The Balaban J connectivity index is 3.14. The summed E-state index contributed by atoms with van der Waals surface area (Å²) in [7, 11) is 1.40. The summed E-state index contributed by atoms with van der Waals surface area (Å²) in [5.41, 5.74) is 1.30. The molecule has 0 radical (unpaired) electrons. The van der Waals surface area contributed by atoms with Crippen LogP contribution in [0.4, 0.5) is 18.9 Å². The Hall–Kier alpha value is -1.07. The summed E-state index contributed by atoms with van der Waals surface area (Å²) < 4.78 is 37.2. The molecule has 0 unspecified atom stereocenters. The van der Waals surface area contributed by atoms with Gasteiger partial charge in [0.1, 0.15) is 0 Å². The Bertz CT molecular complexity index is 322. The maximum atomic E-state index is 12.4. The molecule has 2 N–H and O–H groups in total. The van der Waals surface area contributed by atoms with E-state index in [1.807, 2.05) is 0 Å². The van der Waals surface area contributed by atoms with Crippen LogP contribution in [0, 0.1) is 6.92 Å². The number of rotatable bonds is 2. The highest BCUT2D eigenvalue weighted by Gasteiger charge is 2.33. The molecule has 2 nitrogen and oxygen atoms in total. The van der Waals surface area contributed by atoms with Crippen molar-refractivity contribution in [3.63, 3.8) is 0 Å². The zero-order valence-corrected chi connectivity index (χ0v) is 7.85. The lowest BCUT2D eigenvalue weighted by Gasteiger charge is -2.10. The lowest BCUT2D eigenvalue weighted by atomic mass is 10.1. The van der Waals surface area contributed by atoms with Crippen molar-refractivity contribution in [1.82, 2.24) is 0 Å². The fourth-order valence-corrected chi connectivity index (χ4v) is 1.22. The predicted molar refractivity (Wildman–Crippen MR) is 44.8 cm³/mol. The molecule has 0 heterocycles. The zero-order valence-electron chi connectivity index (χ0n) is 7.85. The van der Waals surface area contributed by atoms with Crippen LogP contribution in [-0.4, -0.2) is 7.11 Å². The van der Waals surface area contributed by atoms with Gasteiger partial charge in [0.05, 0.1) is 12.7 Å². The van der Waals surface area contributed by atoms with Crippen molar-refractivity contribution >= 4 is 5.69 Å². The molecular weight excluding hydrogens is 195 g/mol. The zero-order chi connectivity index (χ0) is 10.8. The van der Waals surface area contributed by atoms with E-state index in [4.69, 9.17) is 0 Å². The van der Waals surface area contributed by atoms with E-state index < -0.39 is 11.7 Å². The first-order chi connectivity index (χ1) is 6.46. The molecule has 0 amide bonds. The van der Waals surface area contributed by atoms with Gasteiger partial charge in [-0.2, -0.15) is 18.7 Å². The lowest BCUT2D eigenvalue weighted by Crippen LogP contribution is -2.76. The van der Waals surface area contributed by atoms with Gasteiger partial charge in [-0.05, 0) is 13.0 Å². The number of hydrogen-bond donors (Lipinski definition) is 1. The first-order valence-electron chi connectivity index (χ1n) is 3.99. The minimum absolute atomic E-state index is 0.182. The Morgan fingerprint density at radius 1 is 1.29 bits per heavy atom. The molecule has 1 aromatic carbocycles. The molecule has 14 heavy (non-hydrogen) atoms. The van der Waals surface area contributed by atoms with Crippen molar-refractivity contribution in [2.75, 3.05) is 7.11 Å². The van der Waals surface area contributed by atoms with E-state index in [1.54, 1.807) is 6.07 Å². The quantitative estimate of drug-likeness (QED) is 0.579. The molecule has 0 aliphatic rings. The van der Waals surface area contributed by atoms with Gasteiger partial charge in [0.2, 0.25) is 0 Å². The van der Waals surface area contributed by atoms with Crippen LogP contribution in [0.1, 0.15) is 11.1 Å². The van der Waals surface area contributed by atoms with Crippen LogP contribution in [0.25, 0.3) is 0 Å². The summed E-state index contributed by atoms with van der Waals surface area (Å²) in [5.74, 6) is 0. The minimum Gasteiger partial charge on any atom is -0.204 e. The van der Waals surface area contributed by atoms with Gasteiger partial charge in [-0.25, -0.2) is 4.84 Å². The van der Waals surface area contributed by atoms with Crippen molar-refractivity contribution in [3.05, 3.63) is 29.3 Å². The molecule has 0 bridgehead atoms. The Morgan fingerprint density at radius 2 is 1.93 bits per heavy atom. The second-order valence-corrected chi connectivity index (χ2v) is 2.87. The SMILES string of the molecule is CO[NH2+]c1cccc(C(F)(F)F)c1C. The minimum atomic E-state index is -4.30. The van der Waals surface area contributed by atoms with Gasteiger partial charge in [0.25, 0.3) is 0 Å². The van der Waals surface area contributed by atoms with E-state index in [2.05, 4.69) is 4.84 Å². The second kappa shape index (κ2) is 3.98. The van der Waals surface area contributed by atoms with Crippen molar-refractivity contribution in [2.45, 2.75) is 13.1 Å². The fraction of sp³-hybridized carbons (Fsp3) is 0.333. The summed E-state index contributed by atoms with van der Waals surface area (Å²) in [6.45, 7) is 1.42. The van der Waals surface area contributed by atoms with Crippen molar-refractivity contribution < 1.29 is 23.5 Å². The molecule has 0 atom stereocenters. The molecule has 0 aliphatic heterocycles. The van der Waals surface area contributed by atoms with E-state index >= 15 is 0 Å². The van der Waals surface area contributed by atoms with Gasteiger partial charge in [0.15, 0.2) is 5.69 Å². The van der Waals surface area contributed by atoms with Crippen LogP contribution in [-0.2, 0) is 11.0 Å². The molecular formula is C9H11F3NO+. The number of hydrogen-bond acceptors (Lipinski definition) is 1. The van der Waals surface area contributed by atoms with Crippen LogP contribution in [0.5, 0.6) is 0 Å². The number of halogens is 3. The summed E-state index contributed by atoms with van der Waals surface area (Å²) in [5, 5.41) is 0. The smallest absolute Gasteiger partial charge is 0.204 e. The van der Waals surface area contributed by atoms with Gasteiger partial charge in [0, 0.05) is 11.6 Å². The van der Waals surface area contributed by atoms with Crippen molar-refractivity contribution in [3.8, 4) is 0 Å². The largest absolute Gasteiger partial charge is 0.416 e. The topological polar surface area (TPSA) is 25.8 Å². The van der Waals surface area contributed by atoms with E-state index in [0.717, 1.165) is 6.07 Å². The summed E-state index contributed by atoms with van der Waals surface area (Å²) in [6.07, 6.45) is -4.30. The molecule has 1 aromatic rings. The van der Waals surface area contributed by atoms with Gasteiger partial charge < -0.3 is 0 Å². The van der Waals surface area contributed by atoms with Crippen LogP contribution in [0.15, 0.2) is 18.2 Å². The highest BCUT2D eigenvalue weighted by Crippen LogP contribution is 2.33. The third-order valence-electron chi connectivity index (χ3n) is 1.93. The number of alkyl halides is 3.